The summed E-state index contributed by atoms with van der Waals surface area (Å²) in [6.07, 6.45) is 1.94. The van der Waals surface area contributed by atoms with E-state index < -0.39 is 17.9 Å². The van der Waals surface area contributed by atoms with E-state index in [0.717, 1.165) is 11.3 Å². The second kappa shape index (κ2) is 9.98. The summed E-state index contributed by atoms with van der Waals surface area (Å²) in [5.74, 6) is -1.37. The number of nitriles is 1. The fourth-order valence-electron chi connectivity index (χ4n) is 2.17. The number of carboxylic acids is 1. The van der Waals surface area contributed by atoms with E-state index >= 15 is 0 Å². The van der Waals surface area contributed by atoms with Gasteiger partial charge in [0.05, 0.1) is 7.11 Å². The molecule has 1 aromatic rings. The first kappa shape index (κ1) is 20.0. The van der Waals surface area contributed by atoms with E-state index in [0.29, 0.717) is 13.0 Å². The summed E-state index contributed by atoms with van der Waals surface area (Å²) in [4.78, 5) is 23.2. The van der Waals surface area contributed by atoms with Gasteiger partial charge < -0.3 is 20.5 Å². The van der Waals surface area contributed by atoms with Crippen LogP contribution in [0.15, 0.2) is 36.0 Å². The lowest BCUT2D eigenvalue weighted by molar-refractivity contribution is -0.142. The fraction of sp³-hybridized carbons (Fsp3) is 0.389. The summed E-state index contributed by atoms with van der Waals surface area (Å²) < 4.78 is 5.26. The third-order valence-electron chi connectivity index (χ3n) is 3.56. The van der Waals surface area contributed by atoms with Gasteiger partial charge in [-0.3, -0.25) is 4.79 Å². The number of amides is 1. The number of carbonyl (C=O) groups excluding carboxylic acids is 1. The van der Waals surface area contributed by atoms with Crippen molar-refractivity contribution in [2.45, 2.75) is 26.3 Å². The molecule has 134 valence electrons. The summed E-state index contributed by atoms with van der Waals surface area (Å²) in [6.45, 7) is 3.85. The first-order valence-corrected chi connectivity index (χ1v) is 7.90. The van der Waals surface area contributed by atoms with Crippen LogP contribution in [0.2, 0.25) is 0 Å². The maximum atomic E-state index is 12.0. The highest BCUT2D eigenvalue weighted by Crippen LogP contribution is 2.17. The van der Waals surface area contributed by atoms with Gasteiger partial charge in [0.25, 0.3) is 5.91 Å². The number of ether oxygens (including phenoxy) is 1. The molecule has 1 amide bonds. The van der Waals surface area contributed by atoms with Gasteiger partial charge in [0.2, 0.25) is 0 Å². The number of aliphatic carboxylic acids is 1. The van der Waals surface area contributed by atoms with Gasteiger partial charge >= 0.3 is 5.97 Å². The number of hydrogen-bond donors (Lipinski definition) is 3. The number of rotatable bonds is 9. The van der Waals surface area contributed by atoms with E-state index in [-0.39, 0.29) is 11.5 Å². The lowest BCUT2D eigenvalue weighted by Gasteiger charge is -2.17. The second-order valence-electron chi connectivity index (χ2n) is 5.72. The normalized spacial score (nSPS) is 12.2. The van der Waals surface area contributed by atoms with Gasteiger partial charge in [0.15, 0.2) is 0 Å². The van der Waals surface area contributed by atoms with E-state index in [2.05, 4.69) is 10.6 Å². The van der Waals surface area contributed by atoms with Crippen molar-refractivity contribution >= 4 is 11.9 Å². The zero-order valence-electron chi connectivity index (χ0n) is 14.6. The van der Waals surface area contributed by atoms with Crippen LogP contribution in [0.4, 0.5) is 0 Å². The average Bonchev–Trinajstić information content (AvgIpc) is 2.59. The molecular weight excluding hydrogens is 322 g/mol. The minimum Gasteiger partial charge on any atom is -0.496 e. The van der Waals surface area contributed by atoms with Crippen molar-refractivity contribution in [3.63, 3.8) is 0 Å². The Morgan fingerprint density at radius 2 is 2.04 bits per heavy atom. The minimum atomic E-state index is -1.13. The third kappa shape index (κ3) is 6.18. The van der Waals surface area contributed by atoms with Crippen LogP contribution >= 0.6 is 0 Å². The Morgan fingerprint density at radius 3 is 2.60 bits per heavy atom. The van der Waals surface area contributed by atoms with Crippen molar-refractivity contribution in [3.05, 3.63) is 41.6 Å². The van der Waals surface area contributed by atoms with Gasteiger partial charge in [-0.05, 0) is 24.0 Å². The molecule has 0 aliphatic rings. The molecule has 0 saturated heterocycles. The Balaban J connectivity index is 2.63. The van der Waals surface area contributed by atoms with Crippen molar-refractivity contribution in [1.82, 2.24) is 10.6 Å². The molecule has 0 aliphatic carbocycles. The van der Waals surface area contributed by atoms with Gasteiger partial charge in [0.1, 0.15) is 23.4 Å². The fourth-order valence-corrected chi connectivity index (χ4v) is 2.17. The molecule has 7 nitrogen and oxygen atoms in total. The zero-order valence-corrected chi connectivity index (χ0v) is 14.6. The standard InChI is InChI=1S/C18H23N3O4/c1-12(2)16(18(23)24)21-17(22)14(10-19)11-20-9-8-13-6-4-5-7-15(13)25-3/h4-7,11-12,16,20H,8-9H2,1-3H3,(H,21,22)(H,23,24)/b14-11-. The van der Waals surface area contributed by atoms with Crippen LogP contribution < -0.4 is 15.4 Å². The van der Waals surface area contributed by atoms with Crippen LogP contribution in [0.1, 0.15) is 19.4 Å². The number of carboxylic acid groups (broad SMARTS) is 1. The summed E-state index contributed by atoms with van der Waals surface area (Å²) in [6, 6.07) is 8.30. The van der Waals surface area contributed by atoms with Crippen molar-refractivity contribution in [2.24, 2.45) is 5.92 Å². The molecule has 0 aliphatic heterocycles. The van der Waals surface area contributed by atoms with Gasteiger partial charge in [-0.25, -0.2) is 4.79 Å². The van der Waals surface area contributed by atoms with Gasteiger partial charge in [-0.1, -0.05) is 32.0 Å². The Bertz CT molecular complexity index is 677. The molecule has 1 aromatic carbocycles. The van der Waals surface area contributed by atoms with Gasteiger partial charge in [0, 0.05) is 12.7 Å². The first-order chi connectivity index (χ1) is 11.9. The summed E-state index contributed by atoms with van der Waals surface area (Å²) in [7, 11) is 1.60. The molecule has 3 N–H and O–H groups in total. The zero-order chi connectivity index (χ0) is 18.8. The van der Waals surface area contributed by atoms with E-state index in [4.69, 9.17) is 15.1 Å². The number of nitrogens with zero attached hydrogens (tertiary/aromatic N) is 1. The number of carbonyl (C=O) groups is 2. The van der Waals surface area contributed by atoms with Crippen molar-refractivity contribution in [2.75, 3.05) is 13.7 Å². The molecule has 25 heavy (non-hydrogen) atoms. The summed E-state index contributed by atoms with van der Waals surface area (Å²) in [5.41, 5.74) is 0.825. The summed E-state index contributed by atoms with van der Waals surface area (Å²) >= 11 is 0. The molecular formula is C18H23N3O4. The van der Waals surface area contributed by atoms with Gasteiger partial charge in [-0.2, -0.15) is 5.26 Å². The predicted molar refractivity (Wildman–Crippen MR) is 92.8 cm³/mol. The number of para-hydroxylation sites is 1. The topological polar surface area (TPSA) is 111 Å². The number of nitrogens with one attached hydrogen (secondary N) is 2. The Hall–Kier alpha value is -3.01. The SMILES string of the molecule is COc1ccccc1CCN/C=C(/C#N)C(=O)NC(C(=O)O)C(C)C. The lowest BCUT2D eigenvalue weighted by atomic mass is 10.0. The maximum Gasteiger partial charge on any atom is 0.326 e. The van der Waals surface area contributed by atoms with Crippen LogP contribution in [-0.4, -0.2) is 36.7 Å². The van der Waals surface area contributed by atoms with Gasteiger partial charge in [-0.15, -0.1) is 0 Å². The quantitative estimate of drug-likeness (QED) is 0.355. The highest BCUT2D eigenvalue weighted by Gasteiger charge is 2.24. The minimum absolute atomic E-state index is 0.174. The molecule has 0 radical (unpaired) electrons. The third-order valence-corrected chi connectivity index (χ3v) is 3.56. The summed E-state index contributed by atoms with van der Waals surface area (Å²) in [5, 5.41) is 23.4. The molecule has 0 bridgehead atoms. The van der Waals surface area contributed by atoms with Crippen LogP contribution in [0, 0.1) is 17.2 Å². The smallest absolute Gasteiger partial charge is 0.326 e. The molecule has 7 heteroatoms. The van der Waals surface area contributed by atoms with Crippen LogP contribution in [0.3, 0.4) is 0 Å². The maximum absolute atomic E-state index is 12.0. The lowest BCUT2D eigenvalue weighted by Crippen LogP contribution is -2.44. The van der Waals surface area contributed by atoms with Crippen LogP contribution in [-0.2, 0) is 16.0 Å². The molecule has 1 atom stereocenters. The number of hydrogen-bond acceptors (Lipinski definition) is 5. The highest BCUT2D eigenvalue weighted by molar-refractivity contribution is 5.99. The number of methoxy groups -OCH3 is 1. The first-order valence-electron chi connectivity index (χ1n) is 7.90. The van der Waals surface area contributed by atoms with Crippen molar-refractivity contribution in [3.8, 4) is 11.8 Å². The largest absolute Gasteiger partial charge is 0.496 e. The number of benzene rings is 1. The second-order valence-corrected chi connectivity index (χ2v) is 5.72. The highest BCUT2D eigenvalue weighted by atomic mass is 16.5. The molecule has 1 unspecified atom stereocenters. The molecule has 0 fully saturated rings. The van der Waals surface area contributed by atoms with E-state index in [1.807, 2.05) is 24.3 Å². The molecule has 0 aromatic heterocycles. The molecule has 0 spiro atoms. The van der Waals surface area contributed by atoms with E-state index in [1.54, 1.807) is 27.0 Å². The van der Waals surface area contributed by atoms with Crippen LogP contribution in [0.5, 0.6) is 5.75 Å². The van der Waals surface area contributed by atoms with Crippen LogP contribution in [0.25, 0.3) is 0 Å². The Morgan fingerprint density at radius 1 is 1.36 bits per heavy atom. The predicted octanol–water partition coefficient (Wildman–Crippen LogP) is 1.46. The van der Waals surface area contributed by atoms with Crippen molar-refractivity contribution in [1.29, 1.82) is 5.26 Å². The van der Waals surface area contributed by atoms with E-state index in [1.165, 1.54) is 6.20 Å². The monoisotopic (exact) mass is 345 g/mol. The molecule has 1 rings (SSSR count). The molecule has 0 heterocycles. The van der Waals surface area contributed by atoms with Crippen molar-refractivity contribution < 1.29 is 19.4 Å². The Kier molecular flexibility index (Phi) is 8.00. The Labute approximate surface area is 147 Å². The molecule has 0 saturated carbocycles. The van der Waals surface area contributed by atoms with E-state index in [9.17, 15) is 9.59 Å². The average molecular weight is 345 g/mol.